The zero-order chi connectivity index (χ0) is 8.97. The minimum Gasteiger partial charge on any atom is -0.330 e. The van der Waals surface area contributed by atoms with Crippen molar-refractivity contribution >= 4 is 6.20 Å². The van der Waals surface area contributed by atoms with Gasteiger partial charge in [0.05, 0.1) is 6.20 Å². The Kier molecular flexibility index (Phi) is 3.05. The highest BCUT2D eigenvalue weighted by Gasteiger charge is 2.05. The van der Waals surface area contributed by atoms with E-state index in [2.05, 4.69) is 18.6 Å². The lowest BCUT2D eigenvalue weighted by Crippen LogP contribution is -2.03. The van der Waals surface area contributed by atoms with Crippen molar-refractivity contribution in [3.05, 3.63) is 24.5 Å². The van der Waals surface area contributed by atoms with Gasteiger partial charge in [-0.05, 0) is 24.4 Å². The Balaban J connectivity index is 2.67. The maximum absolute atomic E-state index is 5.46. The van der Waals surface area contributed by atoms with Gasteiger partial charge in [-0.3, -0.25) is 0 Å². The second-order valence-electron chi connectivity index (χ2n) is 2.91. The average molecular weight is 165 g/mol. The van der Waals surface area contributed by atoms with E-state index in [-0.39, 0.29) is 0 Å². The zero-order valence-electron chi connectivity index (χ0n) is 7.40. The van der Waals surface area contributed by atoms with Crippen molar-refractivity contribution in [3.8, 4) is 0 Å². The molecule has 1 heterocycles. The van der Waals surface area contributed by atoms with Crippen molar-refractivity contribution in [3.63, 3.8) is 0 Å². The van der Waals surface area contributed by atoms with Crippen molar-refractivity contribution in [2.75, 3.05) is 6.54 Å². The highest BCUT2D eigenvalue weighted by molar-refractivity contribution is 5.19. The Hall–Kier alpha value is -1.09. The molecule has 0 bridgehead atoms. The Bertz CT molecular complexity index is 252. The second-order valence-corrected chi connectivity index (χ2v) is 2.91. The van der Waals surface area contributed by atoms with Crippen molar-refractivity contribution in [2.45, 2.75) is 19.3 Å². The van der Waals surface area contributed by atoms with Crippen molar-refractivity contribution in [1.82, 2.24) is 9.78 Å². The fraction of sp³-hybridized carbons (Fsp3) is 0.444. The largest absolute Gasteiger partial charge is 0.330 e. The van der Waals surface area contributed by atoms with E-state index in [0.717, 1.165) is 13.0 Å². The number of nitrogens with two attached hydrogens (primary N) is 1. The van der Waals surface area contributed by atoms with Crippen LogP contribution in [0.25, 0.3) is 6.20 Å². The first-order valence-electron chi connectivity index (χ1n) is 4.14. The van der Waals surface area contributed by atoms with Gasteiger partial charge in [0, 0.05) is 12.4 Å². The van der Waals surface area contributed by atoms with E-state index in [1.54, 1.807) is 10.9 Å². The molecule has 3 nitrogen and oxygen atoms in total. The summed E-state index contributed by atoms with van der Waals surface area (Å²) in [5.41, 5.74) is 6.68. The molecule has 1 unspecified atom stereocenters. The smallest absolute Gasteiger partial charge is 0.0528 e. The molecule has 3 heteroatoms. The van der Waals surface area contributed by atoms with E-state index in [1.165, 1.54) is 5.56 Å². The van der Waals surface area contributed by atoms with Gasteiger partial charge in [-0.1, -0.05) is 13.5 Å². The van der Waals surface area contributed by atoms with Crippen molar-refractivity contribution in [2.24, 2.45) is 5.73 Å². The first-order valence-corrected chi connectivity index (χ1v) is 4.14. The molecule has 0 spiro atoms. The minimum atomic E-state index is 0.490. The molecule has 66 valence electrons. The van der Waals surface area contributed by atoms with Gasteiger partial charge in [-0.15, -0.1) is 0 Å². The standard InChI is InChI=1S/C9H15N3/c1-3-12-7-9(6-11-12)8(2)4-5-10/h3,6-8H,1,4-5,10H2,2H3. The summed E-state index contributed by atoms with van der Waals surface area (Å²) in [6.07, 6.45) is 6.52. The molecule has 1 rings (SSSR count). The zero-order valence-corrected chi connectivity index (χ0v) is 7.40. The van der Waals surface area contributed by atoms with Crippen LogP contribution in [-0.4, -0.2) is 16.3 Å². The molecule has 0 radical (unpaired) electrons. The van der Waals surface area contributed by atoms with Gasteiger partial charge in [0.15, 0.2) is 0 Å². The fourth-order valence-corrected chi connectivity index (χ4v) is 1.12. The quantitative estimate of drug-likeness (QED) is 0.733. The number of hydrogen-bond donors (Lipinski definition) is 1. The first-order chi connectivity index (χ1) is 5.77. The third kappa shape index (κ3) is 1.95. The predicted octanol–water partition coefficient (Wildman–Crippen LogP) is 1.44. The molecule has 2 N–H and O–H groups in total. The van der Waals surface area contributed by atoms with E-state index < -0.39 is 0 Å². The molecule has 0 aliphatic rings. The average Bonchev–Trinajstić information content (AvgIpc) is 2.52. The Labute approximate surface area is 72.9 Å². The molecule has 0 aromatic carbocycles. The van der Waals surface area contributed by atoms with Gasteiger partial charge in [-0.2, -0.15) is 5.10 Å². The summed E-state index contributed by atoms with van der Waals surface area (Å²) in [6.45, 7) is 6.50. The normalized spacial score (nSPS) is 12.8. The summed E-state index contributed by atoms with van der Waals surface area (Å²) < 4.78 is 1.71. The van der Waals surface area contributed by atoms with Gasteiger partial charge in [0.2, 0.25) is 0 Å². The predicted molar refractivity (Wildman–Crippen MR) is 50.7 cm³/mol. The summed E-state index contributed by atoms with van der Waals surface area (Å²) >= 11 is 0. The lowest BCUT2D eigenvalue weighted by Gasteiger charge is -2.05. The fourth-order valence-electron chi connectivity index (χ4n) is 1.12. The van der Waals surface area contributed by atoms with Gasteiger partial charge in [0.1, 0.15) is 0 Å². The Morgan fingerprint density at radius 3 is 3.08 bits per heavy atom. The van der Waals surface area contributed by atoms with Crippen LogP contribution in [0.15, 0.2) is 19.0 Å². The molecule has 1 aromatic heterocycles. The maximum Gasteiger partial charge on any atom is 0.0528 e. The van der Waals surface area contributed by atoms with Crippen LogP contribution in [0.1, 0.15) is 24.8 Å². The lowest BCUT2D eigenvalue weighted by molar-refractivity contribution is 0.690. The highest BCUT2D eigenvalue weighted by atomic mass is 15.2. The van der Waals surface area contributed by atoms with Crippen molar-refractivity contribution < 1.29 is 0 Å². The van der Waals surface area contributed by atoms with Crippen LogP contribution in [0.3, 0.4) is 0 Å². The molecule has 12 heavy (non-hydrogen) atoms. The van der Waals surface area contributed by atoms with E-state index >= 15 is 0 Å². The molecule has 1 aromatic rings. The number of rotatable bonds is 4. The molecular formula is C9H15N3. The summed E-state index contributed by atoms with van der Waals surface area (Å²) in [4.78, 5) is 0. The molecule has 0 saturated carbocycles. The molecular weight excluding hydrogens is 150 g/mol. The summed E-state index contributed by atoms with van der Waals surface area (Å²) in [5, 5.41) is 4.10. The molecule has 1 atom stereocenters. The van der Waals surface area contributed by atoms with Crippen LogP contribution in [0.4, 0.5) is 0 Å². The minimum absolute atomic E-state index is 0.490. The van der Waals surface area contributed by atoms with Gasteiger partial charge < -0.3 is 5.73 Å². The summed E-state index contributed by atoms with van der Waals surface area (Å²) in [7, 11) is 0. The van der Waals surface area contributed by atoms with Crippen LogP contribution in [0.5, 0.6) is 0 Å². The maximum atomic E-state index is 5.46. The number of nitrogens with zero attached hydrogens (tertiary/aromatic N) is 2. The van der Waals surface area contributed by atoms with Crippen molar-refractivity contribution in [1.29, 1.82) is 0 Å². The summed E-state index contributed by atoms with van der Waals surface area (Å²) in [6, 6.07) is 0. The topological polar surface area (TPSA) is 43.8 Å². The molecule has 0 saturated heterocycles. The van der Waals surface area contributed by atoms with E-state index in [4.69, 9.17) is 5.73 Å². The van der Waals surface area contributed by atoms with Crippen LogP contribution in [0, 0.1) is 0 Å². The van der Waals surface area contributed by atoms with E-state index in [1.807, 2.05) is 12.4 Å². The monoisotopic (exact) mass is 165 g/mol. The number of aromatic nitrogens is 2. The SMILES string of the molecule is C=Cn1cc(C(C)CCN)cn1. The molecule has 0 aliphatic heterocycles. The van der Waals surface area contributed by atoms with Crippen LogP contribution in [0.2, 0.25) is 0 Å². The summed E-state index contributed by atoms with van der Waals surface area (Å²) in [5.74, 6) is 0.490. The van der Waals surface area contributed by atoms with Crippen LogP contribution >= 0.6 is 0 Å². The van der Waals surface area contributed by atoms with E-state index in [9.17, 15) is 0 Å². The highest BCUT2D eigenvalue weighted by Crippen LogP contribution is 2.16. The Morgan fingerprint density at radius 2 is 2.58 bits per heavy atom. The molecule has 0 aliphatic carbocycles. The van der Waals surface area contributed by atoms with Gasteiger partial charge in [0.25, 0.3) is 0 Å². The third-order valence-corrected chi connectivity index (χ3v) is 1.98. The second kappa shape index (κ2) is 4.07. The van der Waals surface area contributed by atoms with Crippen LogP contribution in [-0.2, 0) is 0 Å². The van der Waals surface area contributed by atoms with Crippen LogP contribution < -0.4 is 5.73 Å². The van der Waals surface area contributed by atoms with Gasteiger partial charge in [-0.25, -0.2) is 4.68 Å². The first kappa shape index (κ1) is 9.00. The van der Waals surface area contributed by atoms with E-state index in [0.29, 0.717) is 5.92 Å². The lowest BCUT2D eigenvalue weighted by atomic mass is 10.0. The van der Waals surface area contributed by atoms with Gasteiger partial charge >= 0.3 is 0 Å². The number of hydrogen-bond acceptors (Lipinski definition) is 2. The molecule has 0 fully saturated rings. The third-order valence-electron chi connectivity index (χ3n) is 1.98. The Morgan fingerprint density at radius 1 is 1.83 bits per heavy atom. The molecule has 0 amide bonds.